The number of thiophene rings is 1. The first-order valence-electron chi connectivity index (χ1n) is 9.06. The highest BCUT2D eigenvalue weighted by molar-refractivity contribution is 7.20. The highest BCUT2D eigenvalue weighted by Crippen LogP contribution is 2.29. The lowest BCUT2D eigenvalue weighted by atomic mass is 10.2. The molecule has 27 heavy (non-hydrogen) atoms. The molecule has 1 fully saturated rings. The largest absolute Gasteiger partial charge is 0.486 e. The summed E-state index contributed by atoms with van der Waals surface area (Å²) in [5, 5.41) is 2.19. The lowest BCUT2D eigenvalue weighted by Gasteiger charge is -2.17. The number of pyridine rings is 1. The minimum absolute atomic E-state index is 0.00376. The standard InChI is InChI=1S/C22H18N2O2S/c25-22(20-13-16-5-1-2-9-19(16)27-20)24-12-10-17(14-24)26-18-8-3-6-15-7-4-11-23-21(15)18/h1-9,11,13,17H,10,12,14H2. The molecule has 5 heteroatoms. The summed E-state index contributed by atoms with van der Waals surface area (Å²) in [7, 11) is 0. The molecule has 4 aromatic rings. The summed E-state index contributed by atoms with van der Waals surface area (Å²) >= 11 is 1.56. The zero-order valence-corrected chi connectivity index (χ0v) is 15.5. The molecule has 1 aliphatic heterocycles. The normalized spacial score (nSPS) is 16.9. The van der Waals surface area contributed by atoms with Gasteiger partial charge in [0.1, 0.15) is 17.4 Å². The fourth-order valence-corrected chi connectivity index (χ4v) is 4.63. The van der Waals surface area contributed by atoms with Crippen molar-refractivity contribution in [1.82, 2.24) is 9.88 Å². The van der Waals surface area contributed by atoms with Crippen molar-refractivity contribution >= 4 is 38.2 Å². The molecule has 4 nitrogen and oxygen atoms in total. The highest BCUT2D eigenvalue weighted by Gasteiger charge is 2.29. The Hall–Kier alpha value is -2.92. The first-order chi connectivity index (χ1) is 13.3. The van der Waals surface area contributed by atoms with Gasteiger partial charge in [-0.2, -0.15) is 0 Å². The lowest BCUT2D eigenvalue weighted by molar-refractivity contribution is 0.0777. The van der Waals surface area contributed by atoms with Crippen molar-refractivity contribution in [2.24, 2.45) is 0 Å². The van der Waals surface area contributed by atoms with Crippen LogP contribution < -0.4 is 4.74 Å². The average molecular weight is 374 g/mol. The van der Waals surface area contributed by atoms with Gasteiger partial charge in [-0.1, -0.05) is 36.4 Å². The van der Waals surface area contributed by atoms with Crippen molar-refractivity contribution in [3.8, 4) is 5.75 Å². The Morgan fingerprint density at radius 3 is 2.85 bits per heavy atom. The Labute approximate surface area is 161 Å². The molecule has 0 aliphatic carbocycles. The second kappa shape index (κ2) is 6.67. The van der Waals surface area contributed by atoms with Crippen LogP contribution in [0.1, 0.15) is 16.1 Å². The van der Waals surface area contributed by atoms with Crippen molar-refractivity contribution in [3.05, 3.63) is 71.7 Å². The van der Waals surface area contributed by atoms with E-state index in [1.807, 2.05) is 59.5 Å². The molecule has 3 heterocycles. The molecule has 5 rings (SSSR count). The van der Waals surface area contributed by atoms with Gasteiger partial charge in [0, 0.05) is 29.2 Å². The number of carbonyl (C=O) groups excluding carboxylic acids is 1. The molecule has 2 aromatic carbocycles. The van der Waals surface area contributed by atoms with E-state index in [0.717, 1.165) is 44.6 Å². The smallest absolute Gasteiger partial charge is 0.264 e. The van der Waals surface area contributed by atoms with E-state index >= 15 is 0 Å². The van der Waals surface area contributed by atoms with Crippen LogP contribution in [0, 0.1) is 0 Å². The predicted molar refractivity (Wildman–Crippen MR) is 109 cm³/mol. The molecule has 0 bridgehead atoms. The minimum atomic E-state index is -0.00376. The summed E-state index contributed by atoms with van der Waals surface area (Å²) in [6.45, 7) is 1.33. The number of amides is 1. The third-order valence-corrected chi connectivity index (χ3v) is 6.06. The number of fused-ring (bicyclic) bond motifs is 2. The molecule has 0 N–H and O–H groups in total. The van der Waals surface area contributed by atoms with E-state index in [4.69, 9.17) is 4.74 Å². The Kier molecular flexibility index (Phi) is 4.02. The first kappa shape index (κ1) is 16.3. The fourth-order valence-electron chi connectivity index (χ4n) is 3.60. The number of likely N-dealkylation sites (tertiary alicyclic amines) is 1. The van der Waals surface area contributed by atoms with Crippen LogP contribution in [0.2, 0.25) is 0 Å². The second-order valence-corrected chi connectivity index (χ2v) is 7.84. The van der Waals surface area contributed by atoms with Gasteiger partial charge in [0.05, 0.1) is 11.4 Å². The summed E-state index contributed by atoms with van der Waals surface area (Å²) in [6, 6.07) is 20.0. The topological polar surface area (TPSA) is 42.4 Å². The van der Waals surface area contributed by atoms with Crippen LogP contribution in [0.4, 0.5) is 0 Å². The van der Waals surface area contributed by atoms with Gasteiger partial charge in [0.15, 0.2) is 0 Å². The number of aromatic nitrogens is 1. The number of benzene rings is 2. The van der Waals surface area contributed by atoms with E-state index in [2.05, 4.69) is 11.1 Å². The lowest BCUT2D eigenvalue weighted by Crippen LogP contribution is -2.30. The number of carbonyl (C=O) groups is 1. The van der Waals surface area contributed by atoms with Crippen LogP contribution in [-0.2, 0) is 0 Å². The summed E-state index contributed by atoms with van der Waals surface area (Å²) in [4.78, 5) is 20.0. The Balaban J connectivity index is 1.33. The van der Waals surface area contributed by atoms with Crippen LogP contribution in [0.5, 0.6) is 5.75 Å². The van der Waals surface area contributed by atoms with Crippen LogP contribution in [0.15, 0.2) is 66.9 Å². The second-order valence-electron chi connectivity index (χ2n) is 6.76. The maximum atomic E-state index is 12.9. The summed E-state index contributed by atoms with van der Waals surface area (Å²) in [6.07, 6.45) is 2.61. The first-order valence-corrected chi connectivity index (χ1v) is 9.88. The SMILES string of the molecule is O=C(c1cc2ccccc2s1)N1CCC(Oc2cccc3cccnc23)C1. The van der Waals surface area contributed by atoms with E-state index < -0.39 is 0 Å². The third-order valence-electron chi connectivity index (χ3n) is 4.96. The molecule has 1 saturated heterocycles. The molecule has 1 amide bonds. The van der Waals surface area contributed by atoms with Crippen molar-refractivity contribution in [1.29, 1.82) is 0 Å². The van der Waals surface area contributed by atoms with Gasteiger partial charge < -0.3 is 9.64 Å². The van der Waals surface area contributed by atoms with E-state index in [1.165, 1.54) is 0 Å². The molecule has 0 radical (unpaired) electrons. The molecule has 134 valence electrons. The van der Waals surface area contributed by atoms with Crippen LogP contribution >= 0.6 is 11.3 Å². The van der Waals surface area contributed by atoms with E-state index in [1.54, 1.807) is 17.5 Å². The Morgan fingerprint density at radius 1 is 1.07 bits per heavy atom. The Bertz CT molecular complexity index is 1100. The molecular weight excluding hydrogens is 356 g/mol. The van der Waals surface area contributed by atoms with Crippen molar-refractivity contribution in [2.45, 2.75) is 12.5 Å². The monoisotopic (exact) mass is 374 g/mol. The van der Waals surface area contributed by atoms with Gasteiger partial charge in [-0.3, -0.25) is 9.78 Å². The maximum absolute atomic E-state index is 12.9. The zero-order valence-electron chi connectivity index (χ0n) is 14.7. The number of para-hydroxylation sites is 1. The van der Waals surface area contributed by atoms with Crippen molar-refractivity contribution in [2.75, 3.05) is 13.1 Å². The van der Waals surface area contributed by atoms with E-state index in [9.17, 15) is 4.79 Å². The summed E-state index contributed by atoms with van der Waals surface area (Å²) in [5.41, 5.74) is 0.870. The minimum Gasteiger partial charge on any atom is -0.486 e. The van der Waals surface area contributed by atoms with Crippen molar-refractivity contribution < 1.29 is 9.53 Å². The summed E-state index contributed by atoms with van der Waals surface area (Å²) < 4.78 is 7.36. The molecule has 1 unspecified atom stereocenters. The fraction of sp³-hybridized carbons (Fsp3) is 0.182. The molecular formula is C22H18N2O2S. The molecule has 1 aliphatic rings. The molecule has 1 atom stereocenters. The number of hydrogen-bond acceptors (Lipinski definition) is 4. The van der Waals surface area contributed by atoms with Gasteiger partial charge >= 0.3 is 0 Å². The number of nitrogens with zero attached hydrogens (tertiary/aromatic N) is 2. The number of rotatable bonds is 3. The van der Waals surface area contributed by atoms with Gasteiger partial charge in [-0.15, -0.1) is 11.3 Å². The Morgan fingerprint density at radius 2 is 1.93 bits per heavy atom. The summed E-state index contributed by atoms with van der Waals surface area (Å²) in [5.74, 6) is 0.882. The average Bonchev–Trinajstić information content (AvgIpc) is 3.35. The maximum Gasteiger partial charge on any atom is 0.264 e. The van der Waals surface area contributed by atoms with Crippen LogP contribution in [0.3, 0.4) is 0 Å². The van der Waals surface area contributed by atoms with E-state index in [-0.39, 0.29) is 12.0 Å². The van der Waals surface area contributed by atoms with Gasteiger partial charge in [-0.25, -0.2) is 0 Å². The van der Waals surface area contributed by atoms with Gasteiger partial charge in [0.2, 0.25) is 0 Å². The van der Waals surface area contributed by atoms with Gasteiger partial charge in [-0.05, 0) is 29.7 Å². The molecule has 2 aromatic heterocycles. The van der Waals surface area contributed by atoms with Crippen LogP contribution in [-0.4, -0.2) is 35.0 Å². The van der Waals surface area contributed by atoms with Crippen molar-refractivity contribution in [3.63, 3.8) is 0 Å². The number of ether oxygens (including phenoxy) is 1. The predicted octanol–water partition coefficient (Wildman–Crippen LogP) is 4.74. The number of hydrogen-bond donors (Lipinski definition) is 0. The van der Waals surface area contributed by atoms with Crippen LogP contribution in [0.25, 0.3) is 21.0 Å². The quantitative estimate of drug-likeness (QED) is 0.520. The molecule has 0 spiro atoms. The third kappa shape index (κ3) is 3.04. The zero-order chi connectivity index (χ0) is 18.2. The van der Waals surface area contributed by atoms with E-state index in [0.29, 0.717) is 6.54 Å². The highest BCUT2D eigenvalue weighted by atomic mass is 32.1. The van der Waals surface area contributed by atoms with Gasteiger partial charge in [0.25, 0.3) is 5.91 Å². The molecule has 0 saturated carbocycles.